The van der Waals surface area contributed by atoms with E-state index < -0.39 is 0 Å². The lowest BCUT2D eigenvalue weighted by Crippen LogP contribution is -2.42. The average molecular weight is 289 g/mol. The molecule has 1 aromatic heterocycles. The Morgan fingerprint density at radius 3 is 2.71 bits per heavy atom. The second kappa shape index (κ2) is 6.95. The van der Waals surface area contributed by atoms with Crippen LogP contribution in [0.25, 0.3) is 0 Å². The first-order valence-electron chi connectivity index (χ1n) is 7.84. The third-order valence-electron chi connectivity index (χ3n) is 4.33. The van der Waals surface area contributed by atoms with Gasteiger partial charge in [0.2, 0.25) is 11.9 Å². The maximum Gasteiger partial charge on any atom is 0.240 e. The summed E-state index contributed by atoms with van der Waals surface area (Å²) < 4.78 is 0. The van der Waals surface area contributed by atoms with Crippen molar-refractivity contribution in [3.8, 4) is 0 Å². The Hall–Kier alpha value is -1.53. The fraction of sp³-hybridized carbons (Fsp3) is 0.667. The van der Waals surface area contributed by atoms with Gasteiger partial charge < -0.3 is 4.90 Å². The number of amides is 1. The molecule has 0 spiro atoms. The van der Waals surface area contributed by atoms with Crippen LogP contribution in [0.3, 0.4) is 0 Å². The molecule has 21 heavy (non-hydrogen) atoms. The SMILES string of the molecule is O=C(CN1CCC[C@@H]1CN1CCCC1)Nc1ncccn1. The zero-order valence-electron chi connectivity index (χ0n) is 12.4. The van der Waals surface area contributed by atoms with Gasteiger partial charge in [-0.15, -0.1) is 0 Å². The summed E-state index contributed by atoms with van der Waals surface area (Å²) >= 11 is 0. The van der Waals surface area contributed by atoms with Crippen molar-refractivity contribution in [3.63, 3.8) is 0 Å². The van der Waals surface area contributed by atoms with Gasteiger partial charge in [0.25, 0.3) is 0 Å². The molecule has 0 bridgehead atoms. The van der Waals surface area contributed by atoms with E-state index in [-0.39, 0.29) is 5.91 Å². The number of likely N-dealkylation sites (tertiary alicyclic amines) is 2. The molecule has 2 saturated heterocycles. The van der Waals surface area contributed by atoms with E-state index in [1.54, 1.807) is 18.5 Å². The van der Waals surface area contributed by atoms with E-state index in [9.17, 15) is 4.79 Å². The summed E-state index contributed by atoms with van der Waals surface area (Å²) in [6, 6.07) is 2.26. The lowest BCUT2D eigenvalue weighted by Gasteiger charge is -2.27. The lowest BCUT2D eigenvalue weighted by molar-refractivity contribution is -0.117. The molecule has 0 aromatic carbocycles. The highest BCUT2D eigenvalue weighted by Crippen LogP contribution is 2.20. The number of carbonyl (C=O) groups is 1. The first-order valence-corrected chi connectivity index (χ1v) is 7.84. The normalized spacial score (nSPS) is 23.5. The van der Waals surface area contributed by atoms with Gasteiger partial charge in [0.1, 0.15) is 0 Å². The number of rotatable bonds is 5. The highest BCUT2D eigenvalue weighted by molar-refractivity contribution is 5.90. The van der Waals surface area contributed by atoms with Gasteiger partial charge in [-0.3, -0.25) is 15.0 Å². The van der Waals surface area contributed by atoms with E-state index in [4.69, 9.17) is 0 Å². The second-order valence-electron chi connectivity index (χ2n) is 5.89. The molecular weight excluding hydrogens is 266 g/mol. The summed E-state index contributed by atoms with van der Waals surface area (Å²) in [6.07, 6.45) is 8.29. The van der Waals surface area contributed by atoms with E-state index in [0.29, 0.717) is 18.5 Å². The van der Waals surface area contributed by atoms with Gasteiger partial charge in [-0.1, -0.05) is 0 Å². The molecule has 2 aliphatic rings. The third kappa shape index (κ3) is 3.98. The standard InChI is InChI=1S/C15H23N5O/c21-14(18-15-16-6-4-7-17-15)12-20-10-3-5-13(20)11-19-8-1-2-9-19/h4,6-7,13H,1-3,5,8-12H2,(H,16,17,18,21)/t13-/m1/s1. The number of hydrogen-bond donors (Lipinski definition) is 1. The van der Waals surface area contributed by atoms with Crippen molar-refractivity contribution in [1.29, 1.82) is 0 Å². The van der Waals surface area contributed by atoms with E-state index in [1.165, 1.54) is 38.8 Å². The molecule has 3 heterocycles. The molecule has 114 valence electrons. The fourth-order valence-electron chi connectivity index (χ4n) is 3.29. The Bertz CT molecular complexity index is 460. The molecule has 1 aromatic rings. The molecule has 1 atom stereocenters. The number of nitrogens with zero attached hydrogens (tertiary/aromatic N) is 4. The van der Waals surface area contributed by atoms with Crippen LogP contribution in [0, 0.1) is 0 Å². The van der Waals surface area contributed by atoms with Crippen molar-refractivity contribution in [2.24, 2.45) is 0 Å². The van der Waals surface area contributed by atoms with Crippen LogP contribution in [0.1, 0.15) is 25.7 Å². The summed E-state index contributed by atoms with van der Waals surface area (Å²) in [4.78, 5) is 25.0. The monoisotopic (exact) mass is 289 g/mol. The first kappa shape index (κ1) is 14.4. The molecular formula is C15H23N5O. The van der Waals surface area contributed by atoms with Gasteiger partial charge in [0, 0.05) is 25.0 Å². The molecule has 6 heteroatoms. The minimum atomic E-state index is -0.0190. The predicted molar refractivity (Wildman–Crippen MR) is 80.9 cm³/mol. The van der Waals surface area contributed by atoms with E-state index in [0.717, 1.165) is 13.1 Å². The number of carbonyl (C=O) groups excluding carboxylic acids is 1. The zero-order chi connectivity index (χ0) is 14.5. The van der Waals surface area contributed by atoms with Gasteiger partial charge in [-0.2, -0.15) is 0 Å². The van der Waals surface area contributed by atoms with Crippen LogP contribution in [0.2, 0.25) is 0 Å². The summed E-state index contributed by atoms with van der Waals surface area (Å²) in [7, 11) is 0. The van der Waals surface area contributed by atoms with Crippen molar-refractivity contribution < 1.29 is 4.79 Å². The molecule has 1 N–H and O–H groups in total. The maximum atomic E-state index is 12.1. The van der Waals surface area contributed by atoms with Crippen molar-refractivity contribution in [1.82, 2.24) is 19.8 Å². The van der Waals surface area contributed by atoms with Gasteiger partial charge in [0.15, 0.2) is 0 Å². The van der Waals surface area contributed by atoms with Crippen LogP contribution in [0.5, 0.6) is 0 Å². The Kier molecular flexibility index (Phi) is 4.77. The molecule has 3 rings (SSSR count). The zero-order valence-corrected chi connectivity index (χ0v) is 12.4. The van der Waals surface area contributed by atoms with Gasteiger partial charge >= 0.3 is 0 Å². The van der Waals surface area contributed by atoms with Crippen molar-refractivity contribution >= 4 is 11.9 Å². The summed E-state index contributed by atoms with van der Waals surface area (Å²) in [5, 5.41) is 2.77. The van der Waals surface area contributed by atoms with Crippen molar-refractivity contribution in [2.75, 3.05) is 38.0 Å². The van der Waals surface area contributed by atoms with Crippen LogP contribution < -0.4 is 5.32 Å². The molecule has 0 unspecified atom stereocenters. The molecule has 0 aliphatic carbocycles. The third-order valence-corrected chi connectivity index (χ3v) is 4.33. The van der Waals surface area contributed by atoms with Gasteiger partial charge in [-0.25, -0.2) is 9.97 Å². The Morgan fingerprint density at radius 1 is 1.19 bits per heavy atom. The molecule has 2 aliphatic heterocycles. The van der Waals surface area contributed by atoms with Crippen LogP contribution >= 0.6 is 0 Å². The van der Waals surface area contributed by atoms with Crippen molar-refractivity contribution in [2.45, 2.75) is 31.7 Å². The Morgan fingerprint density at radius 2 is 1.95 bits per heavy atom. The van der Waals surface area contributed by atoms with Crippen LogP contribution in [-0.4, -0.2) is 64.4 Å². The van der Waals surface area contributed by atoms with E-state index in [1.807, 2.05) is 0 Å². The van der Waals surface area contributed by atoms with Gasteiger partial charge in [-0.05, 0) is 51.4 Å². The molecule has 2 fully saturated rings. The highest BCUT2D eigenvalue weighted by Gasteiger charge is 2.28. The largest absolute Gasteiger partial charge is 0.302 e. The second-order valence-corrected chi connectivity index (χ2v) is 5.89. The quantitative estimate of drug-likeness (QED) is 0.875. The predicted octanol–water partition coefficient (Wildman–Crippen LogP) is 0.975. The smallest absolute Gasteiger partial charge is 0.240 e. The highest BCUT2D eigenvalue weighted by atomic mass is 16.2. The molecule has 0 radical (unpaired) electrons. The number of hydrogen-bond acceptors (Lipinski definition) is 5. The summed E-state index contributed by atoms with van der Waals surface area (Å²) in [5.74, 6) is 0.368. The lowest BCUT2D eigenvalue weighted by atomic mass is 10.2. The van der Waals surface area contributed by atoms with Gasteiger partial charge in [0.05, 0.1) is 6.54 Å². The molecule has 1 amide bonds. The first-order chi connectivity index (χ1) is 10.3. The number of nitrogens with one attached hydrogen (secondary N) is 1. The number of aromatic nitrogens is 2. The molecule has 0 saturated carbocycles. The Labute approximate surface area is 125 Å². The summed E-state index contributed by atoms with van der Waals surface area (Å²) in [5.41, 5.74) is 0. The number of anilines is 1. The minimum Gasteiger partial charge on any atom is -0.302 e. The Balaban J connectivity index is 1.49. The maximum absolute atomic E-state index is 12.1. The van der Waals surface area contributed by atoms with Crippen LogP contribution in [0.15, 0.2) is 18.5 Å². The molecule has 6 nitrogen and oxygen atoms in total. The van der Waals surface area contributed by atoms with Crippen molar-refractivity contribution in [3.05, 3.63) is 18.5 Å². The van der Waals surface area contributed by atoms with Crippen LogP contribution in [0.4, 0.5) is 5.95 Å². The van der Waals surface area contributed by atoms with E-state index in [2.05, 4.69) is 25.1 Å². The average Bonchev–Trinajstić information content (AvgIpc) is 3.13. The summed E-state index contributed by atoms with van der Waals surface area (Å²) in [6.45, 7) is 5.00. The van der Waals surface area contributed by atoms with Crippen LogP contribution in [-0.2, 0) is 4.79 Å². The topological polar surface area (TPSA) is 61.4 Å². The van der Waals surface area contributed by atoms with E-state index >= 15 is 0 Å². The minimum absolute atomic E-state index is 0.0190. The fourth-order valence-corrected chi connectivity index (χ4v) is 3.29.